The molecule has 0 fully saturated rings. The SMILES string of the molecule is O=C=NCCc1ccccc1CCN=C=O. The van der Waals surface area contributed by atoms with E-state index in [1.54, 1.807) is 0 Å². The van der Waals surface area contributed by atoms with E-state index in [0.717, 1.165) is 11.1 Å². The van der Waals surface area contributed by atoms with Crippen LogP contribution in [0.3, 0.4) is 0 Å². The molecule has 0 aliphatic carbocycles. The Labute approximate surface area is 93.7 Å². The van der Waals surface area contributed by atoms with Crippen molar-refractivity contribution < 1.29 is 9.59 Å². The Kier molecular flexibility index (Phi) is 5.49. The smallest absolute Gasteiger partial charge is 0.211 e. The first kappa shape index (κ1) is 12.1. The van der Waals surface area contributed by atoms with Crippen LogP contribution >= 0.6 is 0 Å². The molecule has 0 atom stereocenters. The summed E-state index contributed by atoms with van der Waals surface area (Å²) in [7, 11) is 0. The highest BCUT2D eigenvalue weighted by Crippen LogP contribution is 2.10. The Morgan fingerprint density at radius 1 is 0.875 bits per heavy atom. The van der Waals surface area contributed by atoms with E-state index in [1.807, 2.05) is 24.3 Å². The van der Waals surface area contributed by atoms with Gasteiger partial charge in [0.25, 0.3) is 0 Å². The van der Waals surface area contributed by atoms with Crippen LogP contribution in [0, 0.1) is 0 Å². The van der Waals surface area contributed by atoms with Crippen molar-refractivity contribution in [2.45, 2.75) is 12.8 Å². The molecule has 0 aliphatic heterocycles. The summed E-state index contributed by atoms with van der Waals surface area (Å²) < 4.78 is 0. The van der Waals surface area contributed by atoms with Gasteiger partial charge in [-0.1, -0.05) is 24.3 Å². The number of hydrogen-bond acceptors (Lipinski definition) is 4. The van der Waals surface area contributed by atoms with Crippen molar-refractivity contribution in [1.82, 2.24) is 0 Å². The van der Waals surface area contributed by atoms with Crippen LogP contribution in [0.1, 0.15) is 11.1 Å². The molecule has 4 nitrogen and oxygen atoms in total. The topological polar surface area (TPSA) is 58.9 Å². The Bertz CT molecular complexity index is 389. The molecule has 0 amide bonds. The third kappa shape index (κ3) is 4.01. The molecule has 1 aromatic rings. The van der Waals surface area contributed by atoms with Crippen LogP contribution in [0.15, 0.2) is 34.3 Å². The zero-order valence-corrected chi connectivity index (χ0v) is 8.85. The zero-order valence-electron chi connectivity index (χ0n) is 8.85. The van der Waals surface area contributed by atoms with E-state index in [1.165, 1.54) is 12.2 Å². The Morgan fingerprint density at radius 2 is 1.31 bits per heavy atom. The largest absolute Gasteiger partial charge is 0.234 e. The first-order chi connectivity index (χ1) is 7.88. The number of benzene rings is 1. The van der Waals surface area contributed by atoms with Crippen molar-refractivity contribution in [3.8, 4) is 0 Å². The van der Waals surface area contributed by atoms with Gasteiger partial charge >= 0.3 is 0 Å². The predicted octanol–water partition coefficient (Wildman–Crippen LogP) is 1.44. The fraction of sp³-hybridized carbons (Fsp3) is 0.333. The fourth-order valence-electron chi connectivity index (χ4n) is 1.49. The minimum absolute atomic E-state index is 0.442. The minimum atomic E-state index is 0.442. The molecule has 0 bridgehead atoms. The van der Waals surface area contributed by atoms with Gasteiger partial charge in [-0.3, -0.25) is 0 Å². The van der Waals surface area contributed by atoms with Crippen LogP contribution in [0.25, 0.3) is 0 Å². The lowest BCUT2D eigenvalue weighted by molar-refractivity contribution is 0.562. The minimum Gasteiger partial charge on any atom is -0.211 e. The summed E-state index contributed by atoms with van der Waals surface area (Å²) in [6.07, 6.45) is 4.44. The molecule has 1 aromatic carbocycles. The summed E-state index contributed by atoms with van der Waals surface area (Å²) in [5, 5.41) is 0. The molecule has 0 N–H and O–H groups in total. The second kappa shape index (κ2) is 7.30. The molecule has 1 rings (SSSR count). The number of rotatable bonds is 6. The molecule has 0 radical (unpaired) electrons. The molecule has 0 aliphatic rings. The van der Waals surface area contributed by atoms with Crippen molar-refractivity contribution in [1.29, 1.82) is 0 Å². The Balaban J connectivity index is 2.66. The van der Waals surface area contributed by atoms with Gasteiger partial charge in [-0.25, -0.2) is 19.6 Å². The van der Waals surface area contributed by atoms with Crippen LogP contribution in [0.4, 0.5) is 0 Å². The van der Waals surface area contributed by atoms with Crippen molar-refractivity contribution in [2.24, 2.45) is 9.98 Å². The maximum absolute atomic E-state index is 9.94. The van der Waals surface area contributed by atoms with Gasteiger partial charge in [-0.15, -0.1) is 0 Å². The summed E-state index contributed by atoms with van der Waals surface area (Å²) in [5.41, 5.74) is 2.25. The van der Waals surface area contributed by atoms with Crippen LogP contribution in [-0.2, 0) is 22.4 Å². The summed E-state index contributed by atoms with van der Waals surface area (Å²) in [5.74, 6) is 0. The predicted molar refractivity (Wildman–Crippen MR) is 59.8 cm³/mol. The summed E-state index contributed by atoms with van der Waals surface area (Å²) in [4.78, 5) is 26.9. The lowest BCUT2D eigenvalue weighted by Crippen LogP contribution is -1.98. The van der Waals surface area contributed by atoms with Gasteiger partial charge in [0.2, 0.25) is 12.2 Å². The van der Waals surface area contributed by atoms with E-state index in [9.17, 15) is 9.59 Å². The molecule has 16 heavy (non-hydrogen) atoms. The normalized spacial score (nSPS) is 9.00. The maximum atomic E-state index is 9.94. The van der Waals surface area contributed by atoms with Gasteiger partial charge in [0, 0.05) is 0 Å². The van der Waals surface area contributed by atoms with Gasteiger partial charge in [0.05, 0.1) is 13.1 Å². The Hall–Kier alpha value is -2.02. The van der Waals surface area contributed by atoms with E-state index in [4.69, 9.17) is 0 Å². The van der Waals surface area contributed by atoms with Crippen LogP contribution in [0.5, 0.6) is 0 Å². The second-order valence-electron chi connectivity index (χ2n) is 3.21. The van der Waals surface area contributed by atoms with Crippen LogP contribution < -0.4 is 0 Å². The van der Waals surface area contributed by atoms with E-state index in [0.29, 0.717) is 25.9 Å². The van der Waals surface area contributed by atoms with Gasteiger partial charge in [-0.05, 0) is 24.0 Å². The molecule has 0 aromatic heterocycles. The molecule has 0 heterocycles. The summed E-state index contributed by atoms with van der Waals surface area (Å²) in [6.45, 7) is 0.884. The van der Waals surface area contributed by atoms with Gasteiger partial charge in [0.15, 0.2) is 0 Å². The fourth-order valence-corrected chi connectivity index (χ4v) is 1.49. The van der Waals surface area contributed by atoms with E-state index >= 15 is 0 Å². The first-order valence-corrected chi connectivity index (χ1v) is 5.02. The highest BCUT2D eigenvalue weighted by Gasteiger charge is 2.00. The monoisotopic (exact) mass is 216 g/mol. The van der Waals surface area contributed by atoms with Gasteiger partial charge in [0.1, 0.15) is 0 Å². The van der Waals surface area contributed by atoms with Crippen molar-refractivity contribution in [3.63, 3.8) is 0 Å². The average molecular weight is 216 g/mol. The van der Waals surface area contributed by atoms with Gasteiger partial charge in [-0.2, -0.15) is 0 Å². The number of aliphatic imine (C=N–C) groups is 2. The molecule has 0 saturated heterocycles. The molecule has 82 valence electrons. The third-order valence-electron chi connectivity index (χ3n) is 2.23. The molecule has 0 unspecified atom stereocenters. The third-order valence-corrected chi connectivity index (χ3v) is 2.23. The average Bonchev–Trinajstić information content (AvgIpc) is 2.32. The second-order valence-corrected chi connectivity index (χ2v) is 3.21. The molecule has 0 spiro atoms. The summed E-state index contributed by atoms with van der Waals surface area (Å²) in [6, 6.07) is 7.85. The lowest BCUT2D eigenvalue weighted by atomic mass is 10.0. The van der Waals surface area contributed by atoms with Crippen molar-refractivity contribution >= 4 is 12.2 Å². The van der Waals surface area contributed by atoms with Crippen LogP contribution in [-0.4, -0.2) is 25.2 Å². The van der Waals surface area contributed by atoms with Gasteiger partial charge < -0.3 is 0 Å². The van der Waals surface area contributed by atoms with Crippen molar-refractivity contribution in [3.05, 3.63) is 35.4 Å². The standard InChI is InChI=1S/C12H12N2O2/c15-9-13-7-5-11-3-1-2-4-12(11)6-8-14-10-16/h1-4H,5-8H2. The molecular formula is C12H12N2O2. The van der Waals surface area contributed by atoms with Crippen molar-refractivity contribution in [2.75, 3.05) is 13.1 Å². The maximum Gasteiger partial charge on any atom is 0.234 e. The zero-order chi connectivity index (χ0) is 11.6. The van der Waals surface area contributed by atoms with E-state index < -0.39 is 0 Å². The highest BCUT2D eigenvalue weighted by atomic mass is 16.1. The quantitative estimate of drug-likeness (QED) is 0.533. The highest BCUT2D eigenvalue weighted by molar-refractivity contribution is 5.34. The van der Waals surface area contributed by atoms with E-state index in [2.05, 4.69) is 9.98 Å². The Morgan fingerprint density at radius 3 is 1.69 bits per heavy atom. The molecule has 0 saturated carbocycles. The number of isocyanates is 2. The number of carbonyl (C=O) groups excluding carboxylic acids is 2. The summed E-state index contributed by atoms with van der Waals surface area (Å²) >= 11 is 0. The van der Waals surface area contributed by atoms with E-state index in [-0.39, 0.29) is 0 Å². The molecular weight excluding hydrogens is 204 g/mol. The first-order valence-electron chi connectivity index (χ1n) is 5.02. The number of nitrogens with zero attached hydrogens (tertiary/aromatic N) is 2. The molecule has 4 heteroatoms. The van der Waals surface area contributed by atoms with Crippen LogP contribution in [0.2, 0.25) is 0 Å². The lowest BCUT2D eigenvalue weighted by Gasteiger charge is -2.05. The number of hydrogen-bond donors (Lipinski definition) is 0.